The zero-order valence-electron chi connectivity index (χ0n) is 9.21. The van der Waals surface area contributed by atoms with E-state index in [0.717, 1.165) is 0 Å². The van der Waals surface area contributed by atoms with E-state index in [2.05, 4.69) is 78.8 Å². The highest BCUT2D eigenvalue weighted by atomic mass is 127. The lowest BCUT2D eigenvalue weighted by molar-refractivity contribution is 1.13. The molecule has 2 aromatic rings. The Labute approximate surface area is 104 Å². The number of halogens is 1. The van der Waals surface area contributed by atoms with E-state index in [1.165, 1.54) is 25.6 Å². The summed E-state index contributed by atoms with van der Waals surface area (Å²) in [4.78, 5) is 2.19. The van der Waals surface area contributed by atoms with Crippen molar-refractivity contribution >= 4 is 39.1 Å². The van der Waals surface area contributed by atoms with Crippen LogP contribution < -0.4 is 4.90 Å². The van der Waals surface area contributed by atoms with E-state index in [1.807, 2.05) is 0 Å². The van der Waals surface area contributed by atoms with Gasteiger partial charge < -0.3 is 4.90 Å². The maximum Gasteiger partial charge on any atom is 0.0579 e. The number of hydrogen-bond acceptors (Lipinski definition) is 1. The van der Waals surface area contributed by atoms with Gasteiger partial charge in [0.1, 0.15) is 0 Å². The number of rotatable bonds is 1. The van der Waals surface area contributed by atoms with Crippen molar-refractivity contribution in [2.24, 2.45) is 0 Å². The molecule has 0 amide bonds. The van der Waals surface area contributed by atoms with Crippen molar-refractivity contribution in [3.8, 4) is 0 Å². The number of aryl methyl sites for hydroxylation is 1. The second kappa shape index (κ2) is 4.00. The van der Waals surface area contributed by atoms with E-state index in [-0.39, 0.29) is 0 Å². The van der Waals surface area contributed by atoms with Crippen LogP contribution in [0.5, 0.6) is 0 Å². The van der Waals surface area contributed by atoms with Gasteiger partial charge in [-0.1, -0.05) is 24.3 Å². The summed E-state index contributed by atoms with van der Waals surface area (Å²) in [5.41, 5.74) is 2.67. The minimum Gasteiger partial charge on any atom is -0.376 e. The maximum absolute atomic E-state index is 2.40. The lowest BCUT2D eigenvalue weighted by atomic mass is 10.0. The Morgan fingerprint density at radius 3 is 2.47 bits per heavy atom. The standard InChI is InChI=1S/C13H14IN/c1-9-5-4-6-10-7-8-11(14)13(12(9)10)15(2)3/h4-8H,1-3H3. The third kappa shape index (κ3) is 1.83. The van der Waals surface area contributed by atoms with Crippen molar-refractivity contribution in [3.63, 3.8) is 0 Å². The topological polar surface area (TPSA) is 3.24 Å². The third-order valence-electron chi connectivity index (χ3n) is 2.62. The van der Waals surface area contributed by atoms with Crippen LogP contribution in [0.2, 0.25) is 0 Å². The van der Waals surface area contributed by atoms with Crippen LogP contribution in [0.3, 0.4) is 0 Å². The Balaban J connectivity index is 2.91. The molecule has 15 heavy (non-hydrogen) atoms. The quantitative estimate of drug-likeness (QED) is 0.724. The Morgan fingerprint density at radius 2 is 1.80 bits per heavy atom. The van der Waals surface area contributed by atoms with E-state index >= 15 is 0 Å². The Kier molecular flexibility index (Phi) is 2.87. The molecule has 1 nitrogen and oxygen atoms in total. The highest BCUT2D eigenvalue weighted by molar-refractivity contribution is 14.1. The summed E-state index contributed by atoms with van der Waals surface area (Å²) in [6.07, 6.45) is 0. The fourth-order valence-electron chi connectivity index (χ4n) is 1.95. The zero-order chi connectivity index (χ0) is 11.0. The summed E-state index contributed by atoms with van der Waals surface area (Å²) >= 11 is 2.40. The van der Waals surface area contributed by atoms with Gasteiger partial charge in [-0.25, -0.2) is 0 Å². The highest BCUT2D eigenvalue weighted by Crippen LogP contribution is 2.32. The number of benzene rings is 2. The highest BCUT2D eigenvalue weighted by Gasteiger charge is 2.09. The van der Waals surface area contributed by atoms with Gasteiger partial charge in [-0.2, -0.15) is 0 Å². The average Bonchev–Trinajstić information content (AvgIpc) is 2.18. The second-order valence-electron chi connectivity index (χ2n) is 3.96. The van der Waals surface area contributed by atoms with Gasteiger partial charge >= 0.3 is 0 Å². The molecule has 2 heteroatoms. The predicted molar refractivity (Wildman–Crippen MR) is 75.7 cm³/mol. The Bertz CT molecular complexity index is 503. The summed E-state index contributed by atoms with van der Waals surface area (Å²) in [7, 11) is 4.20. The van der Waals surface area contributed by atoms with Crippen molar-refractivity contribution < 1.29 is 0 Å². The number of fused-ring (bicyclic) bond motifs is 1. The molecular formula is C13H14IN. The molecule has 0 bridgehead atoms. The van der Waals surface area contributed by atoms with Gasteiger partial charge in [0.2, 0.25) is 0 Å². The normalized spacial score (nSPS) is 10.7. The van der Waals surface area contributed by atoms with E-state index in [9.17, 15) is 0 Å². The summed E-state index contributed by atoms with van der Waals surface area (Å²) in [6.45, 7) is 2.17. The monoisotopic (exact) mass is 311 g/mol. The molecular weight excluding hydrogens is 297 g/mol. The molecule has 0 aliphatic carbocycles. The summed E-state index contributed by atoms with van der Waals surface area (Å²) in [6, 6.07) is 10.8. The SMILES string of the molecule is Cc1cccc2ccc(I)c(N(C)C)c12. The van der Waals surface area contributed by atoms with Crippen molar-refractivity contribution in [1.29, 1.82) is 0 Å². The molecule has 78 valence electrons. The van der Waals surface area contributed by atoms with Crippen LogP contribution in [-0.4, -0.2) is 14.1 Å². The average molecular weight is 311 g/mol. The predicted octanol–water partition coefficient (Wildman–Crippen LogP) is 3.82. The van der Waals surface area contributed by atoms with Crippen LogP contribution in [0.25, 0.3) is 10.8 Å². The summed E-state index contributed by atoms with van der Waals surface area (Å²) in [5, 5.41) is 2.69. The van der Waals surface area contributed by atoms with Crippen LogP contribution in [0.1, 0.15) is 5.56 Å². The van der Waals surface area contributed by atoms with Gasteiger partial charge in [-0.05, 0) is 46.5 Å². The molecule has 0 spiro atoms. The third-order valence-corrected chi connectivity index (χ3v) is 3.49. The second-order valence-corrected chi connectivity index (χ2v) is 5.13. The molecule has 0 N–H and O–H groups in total. The van der Waals surface area contributed by atoms with Crippen molar-refractivity contribution in [2.75, 3.05) is 19.0 Å². The lowest BCUT2D eigenvalue weighted by Gasteiger charge is -2.18. The zero-order valence-corrected chi connectivity index (χ0v) is 11.4. The fraction of sp³-hybridized carbons (Fsp3) is 0.231. The fourth-order valence-corrected chi connectivity index (χ4v) is 2.88. The van der Waals surface area contributed by atoms with E-state index in [1.54, 1.807) is 0 Å². The largest absolute Gasteiger partial charge is 0.376 e. The minimum atomic E-state index is 1.31. The van der Waals surface area contributed by atoms with E-state index in [0.29, 0.717) is 0 Å². The van der Waals surface area contributed by atoms with Gasteiger partial charge in [0.05, 0.1) is 5.69 Å². The number of anilines is 1. The van der Waals surface area contributed by atoms with Gasteiger partial charge in [0, 0.05) is 23.1 Å². The molecule has 0 radical (unpaired) electrons. The molecule has 0 unspecified atom stereocenters. The molecule has 0 heterocycles. The van der Waals surface area contributed by atoms with E-state index < -0.39 is 0 Å². The Hall–Kier alpha value is -0.770. The van der Waals surface area contributed by atoms with Crippen LogP contribution >= 0.6 is 22.6 Å². The first-order valence-corrected chi connectivity index (χ1v) is 6.04. The minimum absolute atomic E-state index is 1.31. The molecule has 0 saturated carbocycles. The molecule has 0 aliphatic rings. The van der Waals surface area contributed by atoms with Gasteiger partial charge in [0.15, 0.2) is 0 Å². The van der Waals surface area contributed by atoms with Crippen molar-refractivity contribution in [1.82, 2.24) is 0 Å². The van der Waals surface area contributed by atoms with Crippen LogP contribution in [0.4, 0.5) is 5.69 Å². The first-order chi connectivity index (χ1) is 7.11. The van der Waals surface area contributed by atoms with Crippen LogP contribution in [0, 0.1) is 10.5 Å². The first-order valence-electron chi connectivity index (χ1n) is 4.96. The first kappa shape index (κ1) is 10.7. The van der Waals surface area contributed by atoms with Gasteiger partial charge in [0.25, 0.3) is 0 Å². The molecule has 2 rings (SSSR count). The lowest BCUT2D eigenvalue weighted by Crippen LogP contribution is -2.11. The van der Waals surface area contributed by atoms with Crippen molar-refractivity contribution in [3.05, 3.63) is 39.5 Å². The van der Waals surface area contributed by atoms with E-state index in [4.69, 9.17) is 0 Å². The van der Waals surface area contributed by atoms with Crippen molar-refractivity contribution in [2.45, 2.75) is 6.92 Å². The molecule has 0 fully saturated rings. The molecule has 0 atom stereocenters. The Morgan fingerprint density at radius 1 is 1.07 bits per heavy atom. The smallest absolute Gasteiger partial charge is 0.0579 e. The van der Waals surface area contributed by atoms with Gasteiger partial charge in [-0.15, -0.1) is 0 Å². The summed E-state index contributed by atoms with van der Waals surface area (Å²) < 4.78 is 1.31. The maximum atomic E-state index is 2.40. The number of nitrogens with zero attached hydrogens (tertiary/aromatic N) is 1. The van der Waals surface area contributed by atoms with Crippen LogP contribution in [-0.2, 0) is 0 Å². The molecule has 0 aliphatic heterocycles. The molecule has 0 aromatic heterocycles. The van der Waals surface area contributed by atoms with Gasteiger partial charge in [-0.3, -0.25) is 0 Å². The number of hydrogen-bond donors (Lipinski definition) is 0. The molecule has 0 saturated heterocycles. The molecule has 2 aromatic carbocycles. The summed E-state index contributed by atoms with van der Waals surface area (Å²) in [5.74, 6) is 0. The van der Waals surface area contributed by atoms with Crippen LogP contribution in [0.15, 0.2) is 30.3 Å².